The van der Waals surface area contributed by atoms with Gasteiger partial charge in [-0.1, -0.05) is 66.7 Å². The minimum absolute atomic E-state index is 0.299. The third-order valence-corrected chi connectivity index (χ3v) is 4.27. The Balaban J connectivity index is 1.95. The number of carbonyl (C=O) groups is 1. The van der Waals surface area contributed by atoms with E-state index in [1.54, 1.807) is 12.1 Å². The van der Waals surface area contributed by atoms with Crippen molar-refractivity contribution in [2.75, 3.05) is 0 Å². The summed E-state index contributed by atoms with van der Waals surface area (Å²) in [7, 11) is 0. The minimum atomic E-state index is -0.907. The number of carboxylic acid groups (broad SMARTS) is 1. The fraction of sp³-hybridized carbons (Fsp3) is 0.0870. The van der Waals surface area contributed by atoms with Crippen molar-refractivity contribution in [3.05, 3.63) is 96.6 Å². The van der Waals surface area contributed by atoms with E-state index in [1.165, 1.54) is 5.56 Å². The number of aromatic carboxylic acids is 1. The summed E-state index contributed by atoms with van der Waals surface area (Å²) in [5.74, 6) is -0.907. The molecule has 2 nitrogen and oxygen atoms in total. The summed E-state index contributed by atoms with van der Waals surface area (Å²) < 4.78 is 0. The Morgan fingerprint density at radius 1 is 0.840 bits per heavy atom. The van der Waals surface area contributed by atoms with Gasteiger partial charge in [0.05, 0.1) is 5.56 Å². The van der Waals surface area contributed by atoms with Crippen molar-refractivity contribution in [3.8, 4) is 22.3 Å². The van der Waals surface area contributed by atoms with Gasteiger partial charge < -0.3 is 5.11 Å². The summed E-state index contributed by atoms with van der Waals surface area (Å²) in [5.41, 5.74) is 6.00. The number of carboxylic acids is 1. The lowest BCUT2D eigenvalue weighted by Crippen LogP contribution is -1.95. The van der Waals surface area contributed by atoms with E-state index in [2.05, 4.69) is 43.0 Å². The number of hydrogen-bond donors (Lipinski definition) is 1. The Kier molecular flexibility index (Phi) is 5.10. The zero-order chi connectivity index (χ0) is 17.6. The van der Waals surface area contributed by atoms with Gasteiger partial charge in [0, 0.05) is 0 Å². The predicted octanol–water partition coefficient (Wildman–Crippen LogP) is 5.84. The molecule has 3 rings (SSSR count). The van der Waals surface area contributed by atoms with E-state index in [9.17, 15) is 4.79 Å². The first-order valence-electron chi connectivity index (χ1n) is 8.32. The topological polar surface area (TPSA) is 37.3 Å². The van der Waals surface area contributed by atoms with Gasteiger partial charge in [0.25, 0.3) is 0 Å². The molecule has 0 aromatic heterocycles. The molecular formula is C23H20O2. The lowest BCUT2D eigenvalue weighted by Gasteiger charge is -2.11. The van der Waals surface area contributed by atoms with E-state index in [4.69, 9.17) is 5.11 Å². The van der Waals surface area contributed by atoms with Crippen molar-refractivity contribution in [2.45, 2.75) is 12.8 Å². The second-order valence-corrected chi connectivity index (χ2v) is 5.95. The third kappa shape index (κ3) is 3.86. The smallest absolute Gasteiger partial charge is 0.335 e. The van der Waals surface area contributed by atoms with Crippen molar-refractivity contribution in [1.29, 1.82) is 0 Å². The zero-order valence-corrected chi connectivity index (χ0v) is 14.0. The fourth-order valence-corrected chi connectivity index (χ4v) is 2.90. The molecule has 0 unspecified atom stereocenters. The lowest BCUT2D eigenvalue weighted by molar-refractivity contribution is 0.0697. The molecule has 0 bridgehead atoms. The molecule has 0 aliphatic rings. The number of benzene rings is 3. The fourth-order valence-electron chi connectivity index (χ4n) is 2.90. The van der Waals surface area contributed by atoms with E-state index in [1.807, 2.05) is 30.3 Å². The number of allylic oxidation sites excluding steroid dienone is 1. The maximum atomic E-state index is 11.0. The van der Waals surface area contributed by atoms with Crippen LogP contribution in [0.1, 0.15) is 22.3 Å². The molecule has 0 heterocycles. The Hall–Kier alpha value is -3.13. The molecule has 2 heteroatoms. The number of rotatable bonds is 6. The second kappa shape index (κ2) is 7.63. The maximum absolute atomic E-state index is 11.0. The summed E-state index contributed by atoms with van der Waals surface area (Å²) in [5, 5.41) is 9.06. The van der Waals surface area contributed by atoms with Crippen LogP contribution in [0.15, 0.2) is 85.5 Å². The molecule has 0 saturated heterocycles. The second-order valence-electron chi connectivity index (χ2n) is 5.95. The van der Waals surface area contributed by atoms with Gasteiger partial charge in [-0.25, -0.2) is 4.79 Å². The van der Waals surface area contributed by atoms with Crippen LogP contribution in [-0.2, 0) is 6.42 Å². The van der Waals surface area contributed by atoms with Crippen LogP contribution in [-0.4, -0.2) is 11.1 Å². The SMILES string of the molecule is C=CCCc1ccc(-c2ccccc2-c2ccc(C(=O)O)cc2)cc1. The van der Waals surface area contributed by atoms with Crippen LogP contribution in [0, 0.1) is 0 Å². The predicted molar refractivity (Wildman–Crippen MR) is 103 cm³/mol. The number of aryl methyl sites for hydroxylation is 1. The molecule has 0 amide bonds. The van der Waals surface area contributed by atoms with Gasteiger partial charge >= 0.3 is 5.97 Å². The van der Waals surface area contributed by atoms with Gasteiger partial charge in [0.2, 0.25) is 0 Å². The quantitative estimate of drug-likeness (QED) is 0.577. The van der Waals surface area contributed by atoms with Gasteiger partial charge in [0.15, 0.2) is 0 Å². The Morgan fingerprint density at radius 3 is 1.84 bits per heavy atom. The van der Waals surface area contributed by atoms with Gasteiger partial charge in [-0.05, 0) is 52.8 Å². The van der Waals surface area contributed by atoms with Crippen molar-refractivity contribution in [1.82, 2.24) is 0 Å². The Labute approximate surface area is 148 Å². The zero-order valence-electron chi connectivity index (χ0n) is 14.0. The molecule has 124 valence electrons. The highest BCUT2D eigenvalue weighted by Crippen LogP contribution is 2.32. The van der Waals surface area contributed by atoms with E-state index >= 15 is 0 Å². The van der Waals surface area contributed by atoms with Gasteiger partial charge in [0.1, 0.15) is 0 Å². The Bertz CT molecular complexity index is 875. The molecule has 3 aromatic rings. The highest BCUT2D eigenvalue weighted by atomic mass is 16.4. The molecule has 25 heavy (non-hydrogen) atoms. The third-order valence-electron chi connectivity index (χ3n) is 4.27. The van der Waals surface area contributed by atoms with E-state index < -0.39 is 5.97 Å². The van der Waals surface area contributed by atoms with Crippen LogP contribution in [0.2, 0.25) is 0 Å². The average molecular weight is 328 g/mol. The summed E-state index contributed by atoms with van der Waals surface area (Å²) in [6.45, 7) is 3.77. The first kappa shape index (κ1) is 16.7. The maximum Gasteiger partial charge on any atom is 0.335 e. The monoisotopic (exact) mass is 328 g/mol. The molecule has 0 aliphatic heterocycles. The van der Waals surface area contributed by atoms with Crippen molar-refractivity contribution in [2.24, 2.45) is 0 Å². The molecule has 0 radical (unpaired) electrons. The van der Waals surface area contributed by atoms with E-state index in [0.717, 1.165) is 35.1 Å². The van der Waals surface area contributed by atoms with Gasteiger partial charge in [-0.3, -0.25) is 0 Å². The molecule has 3 aromatic carbocycles. The normalized spacial score (nSPS) is 10.4. The van der Waals surface area contributed by atoms with Gasteiger partial charge in [-0.15, -0.1) is 6.58 Å². The largest absolute Gasteiger partial charge is 0.478 e. The summed E-state index contributed by atoms with van der Waals surface area (Å²) in [6, 6.07) is 23.8. The van der Waals surface area contributed by atoms with E-state index in [0.29, 0.717) is 5.56 Å². The molecular weight excluding hydrogens is 308 g/mol. The molecule has 0 atom stereocenters. The standard InChI is InChI=1S/C23H20O2/c1-2-3-6-17-9-11-18(12-10-17)21-7-4-5-8-22(21)19-13-15-20(16-14-19)23(24)25/h2,4-5,7-16H,1,3,6H2,(H,24,25). The van der Waals surface area contributed by atoms with Gasteiger partial charge in [-0.2, -0.15) is 0 Å². The van der Waals surface area contributed by atoms with Crippen molar-refractivity contribution >= 4 is 5.97 Å². The van der Waals surface area contributed by atoms with Crippen LogP contribution in [0.5, 0.6) is 0 Å². The summed E-state index contributed by atoms with van der Waals surface area (Å²) in [6.07, 6.45) is 3.91. The number of hydrogen-bond acceptors (Lipinski definition) is 1. The molecule has 0 fully saturated rings. The first-order chi connectivity index (χ1) is 12.2. The van der Waals surface area contributed by atoms with Crippen LogP contribution >= 0.6 is 0 Å². The average Bonchev–Trinajstić information content (AvgIpc) is 2.67. The van der Waals surface area contributed by atoms with Crippen LogP contribution in [0.3, 0.4) is 0 Å². The molecule has 0 spiro atoms. The summed E-state index contributed by atoms with van der Waals surface area (Å²) >= 11 is 0. The molecule has 1 N–H and O–H groups in total. The van der Waals surface area contributed by atoms with Crippen molar-refractivity contribution in [3.63, 3.8) is 0 Å². The lowest BCUT2D eigenvalue weighted by atomic mass is 9.93. The first-order valence-corrected chi connectivity index (χ1v) is 8.32. The highest BCUT2D eigenvalue weighted by Gasteiger charge is 2.08. The van der Waals surface area contributed by atoms with Crippen LogP contribution in [0.4, 0.5) is 0 Å². The van der Waals surface area contributed by atoms with E-state index in [-0.39, 0.29) is 0 Å². The molecule has 0 saturated carbocycles. The van der Waals surface area contributed by atoms with Crippen LogP contribution < -0.4 is 0 Å². The van der Waals surface area contributed by atoms with Crippen LogP contribution in [0.25, 0.3) is 22.3 Å². The summed E-state index contributed by atoms with van der Waals surface area (Å²) in [4.78, 5) is 11.0. The Morgan fingerprint density at radius 2 is 1.36 bits per heavy atom. The minimum Gasteiger partial charge on any atom is -0.478 e. The molecule has 0 aliphatic carbocycles. The highest BCUT2D eigenvalue weighted by molar-refractivity contribution is 5.89. The van der Waals surface area contributed by atoms with Crippen molar-refractivity contribution < 1.29 is 9.90 Å².